The molecule has 1 heterocycles. The monoisotopic (exact) mass is 259 g/mol. The van der Waals surface area contributed by atoms with Crippen LogP contribution in [0.2, 0.25) is 0 Å². The summed E-state index contributed by atoms with van der Waals surface area (Å²) in [5, 5.41) is 0. The minimum Gasteiger partial charge on any atom is -0.369 e. The standard InChI is InChI=1S/C13H16F3NO/c1-8(17)11-6-7-12(18-11)9-2-4-10(5-3-9)13(14,15)16/h2-5,8,11-12H,6-7,17H2,1H3/t8-,11-,12+/m0/s1. The van der Waals surface area contributed by atoms with Gasteiger partial charge in [0.25, 0.3) is 0 Å². The zero-order valence-corrected chi connectivity index (χ0v) is 10.1. The molecule has 1 aromatic carbocycles. The Morgan fingerprint density at radius 2 is 1.83 bits per heavy atom. The van der Waals surface area contributed by atoms with Crippen molar-refractivity contribution in [1.29, 1.82) is 0 Å². The molecule has 2 rings (SSSR count). The van der Waals surface area contributed by atoms with E-state index < -0.39 is 11.7 Å². The van der Waals surface area contributed by atoms with Crippen molar-refractivity contribution in [2.45, 2.75) is 44.2 Å². The maximum absolute atomic E-state index is 12.4. The molecule has 100 valence electrons. The molecule has 1 aliphatic rings. The van der Waals surface area contributed by atoms with E-state index in [2.05, 4.69) is 0 Å². The molecular formula is C13H16F3NO. The smallest absolute Gasteiger partial charge is 0.369 e. The van der Waals surface area contributed by atoms with Crippen LogP contribution in [0.15, 0.2) is 24.3 Å². The van der Waals surface area contributed by atoms with E-state index in [1.807, 2.05) is 6.92 Å². The van der Waals surface area contributed by atoms with Crippen LogP contribution in [0.1, 0.15) is 37.0 Å². The van der Waals surface area contributed by atoms with E-state index in [-0.39, 0.29) is 18.2 Å². The topological polar surface area (TPSA) is 35.2 Å². The number of nitrogens with two attached hydrogens (primary N) is 1. The van der Waals surface area contributed by atoms with Gasteiger partial charge in [-0.15, -0.1) is 0 Å². The molecule has 1 aliphatic heterocycles. The average molecular weight is 259 g/mol. The van der Waals surface area contributed by atoms with Crippen molar-refractivity contribution in [2.75, 3.05) is 0 Å². The van der Waals surface area contributed by atoms with E-state index in [1.165, 1.54) is 12.1 Å². The van der Waals surface area contributed by atoms with Gasteiger partial charge in [-0.3, -0.25) is 0 Å². The number of halogens is 3. The first kappa shape index (κ1) is 13.4. The molecule has 1 saturated heterocycles. The molecule has 0 bridgehead atoms. The predicted octanol–water partition coefficient (Wildman–Crippen LogP) is 3.27. The Morgan fingerprint density at radius 1 is 1.22 bits per heavy atom. The number of rotatable bonds is 2. The van der Waals surface area contributed by atoms with Crippen LogP contribution < -0.4 is 5.73 Å². The Balaban J connectivity index is 2.07. The number of hydrogen-bond acceptors (Lipinski definition) is 2. The first-order valence-corrected chi connectivity index (χ1v) is 5.96. The highest BCUT2D eigenvalue weighted by atomic mass is 19.4. The van der Waals surface area contributed by atoms with Crippen LogP contribution in [0.3, 0.4) is 0 Å². The Kier molecular flexibility index (Phi) is 3.64. The molecule has 18 heavy (non-hydrogen) atoms. The van der Waals surface area contributed by atoms with Gasteiger partial charge in [-0.05, 0) is 37.5 Å². The van der Waals surface area contributed by atoms with Crippen molar-refractivity contribution in [1.82, 2.24) is 0 Å². The largest absolute Gasteiger partial charge is 0.416 e. The third kappa shape index (κ3) is 2.84. The summed E-state index contributed by atoms with van der Waals surface area (Å²) in [6.07, 6.45) is -2.77. The molecule has 5 heteroatoms. The predicted molar refractivity (Wildman–Crippen MR) is 61.9 cm³/mol. The van der Waals surface area contributed by atoms with E-state index in [9.17, 15) is 13.2 Å². The SMILES string of the molecule is C[C@H](N)[C@@H]1CC[C@H](c2ccc(C(F)(F)F)cc2)O1. The van der Waals surface area contributed by atoms with Gasteiger partial charge in [0.1, 0.15) is 0 Å². The maximum atomic E-state index is 12.4. The van der Waals surface area contributed by atoms with Crippen LogP contribution in [-0.2, 0) is 10.9 Å². The molecule has 0 radical (unpaired) electrons. The van der Waals surface area contributed by atoms with Crippen LogP contribution in [0.5, 0.6) is 0 Å². The van der Waals surface area contributed by atoms with Crippen molar-refractivity contribution in [3.63, 3.8) is 0 Å². The van der Waals surface area contributed by atoms with Crippen LogP contribution in [0.25, 0.3) is 0 Å². The molecule has 0 spiro atoms. The third-order valence-electron chi connectivity index (χ3n) is 3.25. The van der Waals surface area contributed by atoms with E-state index in [0.29, 0.717) is 0 Å². The molecule has 0 amide bonds. The Labute approximate surface area is 104 Å². The first-order chi connectivity index (χ1) is 8.38. The zero-order valence-electron chi connectivity index (χ0n) is 10.1. The molecule has 1 aromatic rings. The van der Waals surface area contributed by atoms with Crippen molar-refractivity contribution in [3.8, 4) is 0 Å². The Morgan fingerprint density at radius 3 is 2.28 bits per heavy atom. The number of ether oxygens (including phenoxy) is 1. The van der Waals surface area contributed by atoms with Gasteiger partial charge in [-0.2, -0.15) is 13.2 Å². The van der Waals surface area contributed by atoms with Crippen LogP contribution in [-0.4, -0.2) is 12.1 Å². The minimum atomic E-state index is -4.29. The van der Waals surface area contributed by atoms with Gasteiger partial charge in [0.05, 0.1) is 17.8 Å². The summed E-state index contributed by atoms with van der Waals surface area (Å²) < 4.78 is 43.0. The molecule has 3 atom stereocenters. The highest BCUT2D eigenvalue weighted by Crippen LogP contribution is 2.35. The molecule has 0 aromatic heterocycles. The minimum absolute atomic E-state index is 0.00251. The van der Waals surface area contributed by atoms with Crippen molar-refractivity contribution in [3.05, 3.63) is 35.4 Å². The lowest BCUT2D eigenvalue weighted by molar-refractivity contribution is -0.137. The van der Waals surface area contributed by atoms with E-state index in [1.54, 1.807) is 0 Å². The fourth-order valence-corrected chi connectivity index (χ4v) is 2.18. The summed E-state index contributed by atoms with van der Waals surface area (Å²) in [5.74, 6) is 0. The summed E-state index contributed by atoms with van der Waals surface area (Å²) in [7, 11) is 0. The molecule has 0 unspecified atom stereocenters. The quantitative estimate of drug-likeness (QED) is 0.884. The summed E-state index contributed by atoms with van der Waals surface area (Å²) >= 11 is 0. The fourth-order valence-electron chi connectivity index (χ4n) is 2.18. The molecule has 0 saturated carbocycles. The summed E-state index contributed by atoms with van der Waals surface area (Å²) in [6.45, 7) is 1.87. The molecule has 2 N–H and O–H groups in total. The van der Waals surface area contributed by atoms with Crippen molar-refractivity contribution in [2.24, 2.45) is 5.73 Å². The Bertz CT molecular complexity index is 400. The van der Waals surface area contributed by atoms with Crippen LogP contribution in [0.4, 0.5) is 13.2 Å². The van der Waals surface area contributed by atoms with Gasteiger partial charge in [-0.1, -0.05) is 12.1 Å². The summed E-state index contributed by atoms with van der Waals surface area (Å²) in [5.41, 5.74) is 5.90. The van der Waals surface area contributed by atoms with Crippen LogP contribution >= 0.6 is 0 Å². The maximum Gasteiger partial charge on any atom is 0.416 e. The lowest BCUT2D eigenvalue weighted by Gasteiger charge is -2.17. The number of hydrogen-bond donors (Lipinski definition) is 1. The summed E-state index contributed by atoms with van der Waals surface area (Å²) in [6, 6.07) is 5.11. The highest BCUT2D eigenvalue weighted by molar-refractivity contribution is 5.26. The lowest BCUT2D eigenvalue weighted by atomic mass is 10.0. The second-order valence-electron chi connectivity index (χ2n) is 4.72. The number of alkyl halides is 3. The Hall–Kier alpha value is -1.07. The highest BCUT2D eigenvalue weighted by Gasteiger charge is 2.32. The van der Waals surface area contributed by atoms with Gasteiger partial charge in [0, 0.05) is 6.04 Å². The fraction of sp³-hybridized carbons (Fsp3) is 0.538. The second-order valence-corrected chi connectivity index (χ2v) is 4.72. The molecule has 0 aliphatic carbocycles. The third-order valence-corrected chi connectivity index (χ3v) is 3.25. The van der Waals surface area contributed by atoms with E-state index >= 15 is 0 Å². The summed E-state index contributed by atoms with van der Waals surface area (Å²) in [4.78, 5) is 0. The molecular weight excluding hydrogens is 243 g/mol. The molecule has 2 nitrogen and oxygen atoms in total. The number of benzene rings is 1. The average Bonchev–Trinajstić information content (AvgIpc) is 2.77. The van der Waals surface area contributed by atoms with Crippen molar-refractivity contribution >= 4 is 0 Å². The van der Waals surface area contributed by atoms with Crippen molar-refractivity contribution < 1.29 is 17.9 Å². The second kappa shape index (κ2) is 4.90. The van der Waals surface area contributed by atoms with Gasteiger partial charge < -0.3 is 10.5 Å². The first-order valence-electron chi connectivity index (χ1n) is 5.96. The van der Waals surface area contributed by atoms with Gasteiger partial charge >= 0.3 is 6.18 Å². The van der Waals surface area contributed by atoms with Gasteiger partial charge in [-0.25, -0.2) is 0 Å². The van der Waals surface area contributed by atoms with E-state index in [4.69, 9.17) is 10.5 Å². The van der Waals surface area contributed by atoms with Gasteiger partial charge in [0.15, 0.2) is 0 Å². The normalized spacial score (nSPS) is 26.3. The lowest BCUT2D eigenvalue weighted by Crippen LogP contribution is -2.30. The zero-order chi connectivity index (χ0) is 13.3. The van der Waals surface area contributed by atoms with Gasteiger partial charge in [0.2, 0.25) is 0 Å². The molecule has 1 fully saturated rings. The van der Waals surface area contributed by atoms with E-state index in [0.717, 1.165) is 30.5 Å². The van der Waals surface area contributed by atoms with Crippen LogP contribution in [0, 0.1) is 0 Å².